The summed E-state index contributed by atoms with van der Waals surface area (Å²) in [4.78, 5) is 38.3. The molecule has 1 heterocycles. The van der Waals surface area contributed by atoms with Crippen molar-refractivity contribution in [2.45, 2.75) is 84.4 Å². The Bertz CT molecular complexity index is 829. The van der Waals surface area contributed by atoms with Gasteiger partial charge in [-0.05, 0) is 42.7 Å². The van der Waals surface area contributed by atoms with Crippen LogP contribution in [0.2, 0.25) is 0 Å². The minimum atomic E-state index is -0.835. The molecule has 1 aromatic carbocycles. The van der Waals surface area contributed by atoms with Gasteiger partial charge in [-0.2, -0.15) is 0 Å². The molecule has 0 saturated carbocycles. The van der Waals surface area contributed by atoms with Crippen LogP contribution in [0, 0.1) is 11.3 Å². The fraction of sp³-hybridized carbons (Fsp3) is 0.654. The first-order valence-electron chi connectivity index (χ1n) is 12.4. The van der Waals surface area contributed by atoms with Gasteiger partial charge in [0.2, 0.25) is 18.2 Å². The lowest BCUT2D eigenvalue weighted by Gasteiger charge is -2.37. The van der Waals surface area contributed by atoms with Crippen LogP contribution in [0.4, 0.5) is 5.69 Å². The van der Waals surface area contributed by atoms with Gasteiger partial charge in [-0.1, -0.05) is 52.3 Å². The topological polar surface area (TPSA) is 125 Å². The third kappa shape index (κ3) is 8.09. The van der Waals surface area contributed by atoms with Crippen LogP contribution in [0.15, 0.2) is 24.3 Å². The molecule has 8 heteroatoms. The molecule has 0 bridgehead atoms. The van der Waals surface area contributed by atoms with Crippen LogP contribution >= 0.6 is 0 Å². The van der Waals surface area contributed by atoms with Crippen molar-refractivity contribution in [1.82, 2.24) is 10.6 Å². The average Bonchev–Trinajstić information content (AvgIpc) is 2.78. The third-order valence-electron chi connectivity index (χ3n) is 6.54. The Morgan fingerprint density at radius 2 is 2.03 bits per heavy atom. The fourth-order valence-corrected chi connectivity index (χ4v) is 4.60. The van der Waals surface area contributed by atoms with Gasteiger partial charge < -0.3 is 26.4 Å². The molecule has 8 nitrogen and oxygen atoms in total. The van der Waals surface area contributed by atoms with E-state index in [0.29, 0.717) is 32.3 Å². The van der Waals surface area contributed by atoms with Gasteiger partial charge in [-0.15, -0.1) is 0 Å². The first kappa shape index (κ1) is 27.8. The number of para-hydroxylation sites is 1. The maximum absolute atomic E-state index is 13.3. The summed E-state index contributed by atoms with van der Waals surface area (Å²) in [6.07, 6.45) is 3.43. The van der Waals surface area contributed by atoms with Crippen LogP contribution in [-0.4, -0.2) is 54.6 Å². The number of aliphatic hydroxyl groups excluding tert-OH is 1. The van der Waals surface area contributed by atoms with E-state index in [-0.39, 0.29) is 36.6 Å². The Morgan fingerprint density at radius 3 is 2.71 bits per heavy atom. The lowest BCUT2D eigenvalue weighted by atomic mass is 9.79. The summed E-state index contributed by atoms with van der Waals surface area (Å²) in [6.45, 7) is 8.85. The van der Waals surface area contributed by atoms with Crippen molar-refractivity contribution in [2.24, 2.45) is 17.1 Å². The van der Waals surface area contributed by atoms with Crippen molar-refractivity contribution in [3.8, 4) is 0 Å². The lowest BCUT2D eigenvalue weighted by Crippen LogP contribution is -2.49. The molecule has 0 unspecified atom stereocenters. The fourth-order valence-electron chi connectivity index (χ4n) is 4.60. The molecule has 34 heavy (non-hydrogen) atoms. The summed E-state index contributed by atoms with van der Waals surface area (Å²) in [6, 6.07) is 7.06. The molecule has 1 aliphatic rings. The first-order valence-corrected chi connectivity index (χ1v) is 12.4. The standard InChI is InChI=1S/C26H42N4O4/c1-5-6-11-28-25(34)18(2)12-23(32)21(27)14-26(3,4)15-24(33)30-16-20(29-17-31)13-19-9-7-8-10-22(19)30/h7-10,17-18,20-21,23,32H,5-6,11-16,27H2,1-4H3,(H,28,34)(H,29,31)/t18-,20-,21+,23+/m1/s1. The Labute approximate surface area is 203 Å². The van der Waals surface area contributed by atoms with Crippen LogP contribution < -0.4 is 21.3 Å². The summed E-state index contributed by atoms with van der Waals surface area (Å²) in [5.74, 6) is -0.452. The molecule has 1 aromatic rings. The molecule has 0 spiro atoms. The van der Waals surface area contributed by atoms with E-state index in [1.807, 2.05) is 38.1 Å². The predicted molar refractivity (Wildman–Crippen MR) is 134 cm³/mol. The molecular formula is C26H42N4O4. The molecule has 4 atom stereocenters. The van der Waals surface area contributed by atoms with Crippen molar-refractivity contribution in [3.63, 3.8) is 0 Å². The second kappa shape index (κ2) is 12.9. The highest BCUT2D eigenvalue weighted by Crippen LogP contribution is 2.33. The molecule has 5 N–H and O–H groups in total. The maximum atomic E-state index is 13.3. The van der Waals surface area contributed by atoms with Gasteiger partial charge in [0, 0.05) is 37.2 Å². The number of amides is 3. The van der Waals surface area contributed by atoms with E-state index in [0.717, 1.165) is 24.1 Å². The van der Waals surface area contributed by atoms with Gasteiger partial charge in [-0.3, -0.25) is 14.4 Å². The van der Waals surface area contributed by atoms with Crippen LogP contribution in [-0.2, 0) is 20.8 Å². The summed E-state index contributed by atoms with van der Waals surface area (Å²) >= 11 is 0. The normalized spacial score (nSPS) is 18.4. The van der Waals surface area contributed by atoms with E-state index >= 15 is 0 Å². The molecule has 1 aliphatic heterocycles. The highest BCUT2D eigenvalue weighted by atomic mass is 16.3. The van der Waals surface area contributed by atoms with Gasteiger partial charge in [0.1, 0.15) is 0 Å². The third-order valence-corrected chi connectivity index (χ3v) is 6.54. The average molecular weight is 475 g/mol. The number of hydrogen-bond acceptors (Lipinski definition) is 5. The van der Waals surface area contributed by atoms with E-state index in [2.05, 4.69) is 17.6 Å². The number of fused-ring (bicyclic) bond motifs is 1. The summed E-state index contributed by atoms with van der Waals surface area (Å²) in [7, 11) is 0. The van der Waals surface area contributed by atoms with Crippen molar-refractivity contribution in [2.75, 3.05) is 18.0 Å². The van der Waals surface area contributed by atoms with Crippen molar-refractivity contribution >= 4 is 23.9 Å². The number of anilines is 1. The number of carbonyl (C=O) groups is 3. The number of nitrogens with zero attached hydrogens (tertiary/aromatic N) is 1. The summed E-state index contributed by atoms with van der Waals surface area (Å²) < 4.78 is 0. The highest BCUT2D eigenvalue weighted by Gasteiger charge is 2.34. The van der Waals surface area contributed by atoms with Crippen LogP contribution in [0.5, 0.6) is 0 Å². The van der Waals surface area contributed by atoms with E-state index < -0.39 is 17.6 Å². The van der Waals surface area contributed by atoms with Gasteiger partial charge in [0.15, 0.2) is 0 Å². The molecule has 0 fully saturated rings. The van der Waals surface area contributed by atoms with E-state index in [4.69, 9.17) is 5.73 Å². The zero-order valence-electron chi connectivity index (χ0n) is 21.0. The number of benzene rings is 1. The second-order valence-electron chi connectivity index (χ2n) is 10.4. The minimum Gasteiger partial charge on any atom is -0.391 e. The van der Waals surface area contributed by atoms with E-state index in [9.17, 15) is 19.5 Å². The maximum Gasteiger partial charge on any atom is 0.227 e. The minimum absolute atomic E-state index is 0.0415. The number of unbranched alkanes of at least 4 members (excludes halogenated alkanes) is 1. The lowest BCUT2D eigenvalue weighted by molar-refractivity contribution is -0.125. The number of nitrogens with one attached hydrogen (secondary N) is 2. The number of carbonyl (C=O) groups excluding carboxylic acids is 3. The van der Waals surface area contributed by atoms with Crippen molar-refractivity contribution in [1.29, 1.82) is 0 Å². The Kier molecular flexibility index (Phi) is 10.5. The van der Waals surface area contributed by atoms with Crippen LogP contribution in [0.1, 0.15) is 65.4 Å². The summed E-state index contributed by atoms with van der Waals surface area (Å²) in [5, 5.41) is 16.3. The molecule has 0 saturated heterocycles. The number of nitrogens with two attached hydrogens (primary N) is 1. The smallest absolute Gasteiger partial charge is 0.227 e. The van der Waals surface area contributed by atoms with Crippen LogP contribution in [0.25, 0.3) is 0 Å². The van der Waals surface area contributed by atoms with Crippen molar-refractivity contribution in [3.05, 3.63) is 29.8 Å². The molecule has 3 amide bonds. The van der Waals surface area contributed by atoms with E-state index in [1.54, 1.807) is 11.8 Å². The molecular weight excluding hydrogens is 432 g/mol. The molecule has 0 radical (unpaired) electrons. The quantitative estimate of drug-likeness (QED) is 0.257. The van der Waals surface area contributed by atoms with Crippen molar-refractivity contribution < 1.29 is 19.5 Å². The zero-order valence-corrected chi connectivity index (χ0v) is 21.0. The van der Waals surface area contributed by atoms with E-state index in [1.165, 1.54) is 0 Å². The number of rotatable bonds is 13. The Morgan fingerprint density at radius 1 is 1.32 bits per heavy atom. The number of hydrogen-bond donors (Lipinski definition) is 4. The number of aliphatic hydroxyl groups is 1. The first-order chi connectivity index (χ1) is 16.1. The molecule has 2 rings (SSSR count). The van der Waals surface area contributed by atoms with Gasteiger partial charge in [-0.25, -0.2) is 0 Å². The largest absolute Gasteiger partial charge is 0.391 e. The van der Waals surface area contributed by atoms with Gasteiger partial charge in [0.05, 0.1) is 12.1 Å². The van der Waals surface area contributed by atoms with Crippen LogP contribution in [0.3, 0.4) is 0 Å². The predicted octanol–water partition coefficient (Wildman–Crippen LogP) is 2.13. The monoisotopic (exact) mass is 474 g/mol. The Hall–Kier alpha value is -2.45. The Balaban J connectivity index is 1.96. The molecule has 0 aliphatic carbocycles. The second-order valence-corrected chi connectivity index (χ2v) is 10.4. The molecule has 190 valence electrons. The highest BCUT2D eigenvalue weighted by molar-refractivity contribution is 5.95. The summed E-state index contributed by atoms with van der Waals surface area (Å²) in [5.41, 5.74) is 7.76. The SMILES string of the molecule is CCCCNC(=O)[C@H](C)C[C@H](O)[C@@H](N)CC(C)(C)CC(=O)N1C[C@H](NC=O)Cc2ccccc21. The zero-order chi connectivity index (χ0) is 25.3. The molecule has 0 aromatic heterocycles. The van der Waals surface area contributed by atoms with Gasteiger partial charge in [0.25, 0.3) is 0 Å². The van der Waals surface area contributed by atoms with Gasteiger partial charge >= 0.3 is 0 Å².